The molecule has 0 saturated carbocycles. The summed E-state index contributed by atoms with van der Waals surface area (Å²) in [5.74, 6) is 1.36. The van der Waals surface area contributed by atoms with Crippen LogP contribution in [0.5, 0.6) is 0 Å². The Labute approximate surface area is 83.1 Å². The smallest absolute Gasteiger partial charge is 0.255 e. The first kappa shape index (κ1) is 10.6. The molecule has 1 atom stereocenters. The SMILES string of the molecule is Cc1coc(SCC(N)C(C)C)n1. The molecular weight excluding hydrogens is 184 g/mol. The maximum Gasteiger partial charge on any atom is 0.255 e. The van der Waals surface area contributed by atoms with E-state index in [4.69, 9.17) is 10.2 Å². The van der Waals surface area contributed by atoms with Crippen molar-refractivity contribution < 1.29 is 4.42 Å². The third-order valence-electron chi connectivity index (χ3n) is 1.85. The van der Waals surface area contributed by atoms with E-state index in [-0.39, 0.29) is 6.04 Å². The first-order valence-electron chi connectivity index (χ1n) is 4.40. The second-order valence-electron chi connectivity index (χ2n) is 3.47. The molecule has 74 valence electrons. The van der Waals surface area contributed by atoms with Gasteiger partial charge in [0.2, 0.25) is 0 Å². The molecule has 1 unspecified atom stereocenters. The van der Waals surface area contributed by atoms with Crippen LogP contribution in [0.3, 0.4) is 0 Å². The molecule has 0 aliphatic heterocycles. The number of hydrogen-bond acceptors (Lipinski definition) is 4. The molecule has 0 amide bonds. The van der Waals surface area contributed by atoms with E-state index < -0.39 is 0 Å². The highest BCUT2D eigenvalue weighted by molar-refractivity contribution is 7.99. The quantitative estimate of drug-likeness (QED) is 0.756. The highest BCUT2D eigenvalue weighted by Crippen LogP contribution is 2.18. The Morgan fingerprint density at radius 3 is 2.77 bits per heavy atom. The highest BCUT2D eigenvalue weighted by Gasteiger charge is 2.09. The molecule has 1 aromatic rings. The van der Waals surface area contributed by atoms with Crippen LogP contribution in [-0.4, -0.2) is 16.8 Å². The minimum Gasteiger partial charge on any atom is -0.440 e. The minimum atomic E-state index is 0.206. The lowest BCUT2D eigenvalue weighted by molar-refractivity contribution is 0.452. The van der Waals surface area contributed by atoms with Gasteiger partial charge in [0, 0.05) is 11.8 Å². The fourth-order valence-corrected chi connectivity index (χ4v) is 1.80. The molecule has 0 bridgehead atoms. The zero-order valence-corrected chi connectivity index (χ0v) is 9.10. The van der Waals surface area contributed by atoms with Gasteiger partial charge in [-0.3, -0.25) is 0 Å². The number of oxazole rings is 1. The van der Waals surface area contributed by atoms with E-state index in [0.29, 0.717) is 11.1 Å². The van der Waals surface area contributed by atoms with Crippen molar-refractivity contribution in [1.82, 2.24) is 4.98 Å². The number of hydrogen-bond donors (Lipinski definition) is 1. The van der Waals surface area contributed by atoms with Crippen molar-refractivity contribution in [2.45, 2.75) is 32.0 Å². The zero-order valence-electron chi connectivity index (χ0n) is 8.28. The Bertz CT molecular complexity index is 260. The van der Waals surface area contributed by atoms with E-state index in [1.54, 1.807) is 18.0 Å². The van der Waals surface area contributed by atoms with Crippen LogP contribution in [0.4, 0.5) is 0 Å². The number of nitrogens with two attached hydrogens (primary N) is 1. The van der Waals surface area contributed by atoms with Crippen molar-refractivity contribution in [1.29, 1.82) is 0 Å². The van der Waals surface area contributed by atoms with Gasteiger partial charge < -0.3 is 10.2 Å². The summed E-state index contributed by atoms with van der Waals surface area (Å²) < 4.78 is 5.19. The lowest BCUT2D eigenvalue weighted by Gasteiger charge is -2.12. The van der Waals surface area contributed by atoms with Crippen LogP contribution in [0.2, 0.25) is 0 Å². The molecule has 0 aliphatic rings. The summed E-state index contributed by atoms with van der Waals surface area (Å²) in [5.41, 5.74) is 6.80. The van der Waals surface area contributed by atoms with Crippen LogP contribution < -0.4 is 5.73 Å². The van der Waals surface area contributed by atoms with Crippen LogP contribution >= 0.6 is 11.8 Å². The molecule has 0 radical (unpaired) electrons. The zero-order chi connectivity index (χ0) is 9.84. The molecule has 1 aromatic heterocycles. The maximum atomic E-state index is 5.88. The Morgan fingerprint density at radius 1 is 1.62 bits per heavy atom. The summed E-state index contributed by atoms with van der Waals surface area (Å²) in [6.45, 7) is 6.15. The molecule has 2 N–H and O–H groups in total. The average molecular weight is 200 g/mol. The third-order valence-corrected chi connectivity index (χ3v) is 2.84. The van der Waals surface area contributed by atoms with Crippen molar-refractivity contribution in [3.63, 3.8) is 0 Å². The van der Waals surface area contributed by atoms with Gasteiger partial charge in [0.1, 0.15) is 6.26 Å². The van der Waals surface area contributed by atoms with Crippen LogP contribution in [0, 0.1) is 12.8 Å². The van der Waals surface area contributed by atoms with Crippen LogP contribution in [-0.2, 0) is 0 Å². The molecule has 0 spiro atoms. The van der Waals surface area contributed by atoms with Crippen molar-refractivity contribution in [2.75, 3.05) is 5.75 Å². The van der Waals surface area contributed by atoms with Crippen molar-refractivity contribution >= 4 is 11.8 Å². The van der Waals surface area contributed by atoms with Crippen LogP contribution in [0.25, 0.3) is 0 Å². The first-order chi connectivity index (χ1) is 6.09. The van der Waals surface area contributed by atoms with Crippen LogP contribution in [0.15, 0.2) is 15.9 Å². The predicted molar refractivity (Wildman–Crippen MR) is 54.8 cm³/mol. The average Bonchev–Trinajstić information content (AvgIpc) is 2.47. The van der Waals surface area contributed by atoms with E-state index in [2.05, 4.69) is 18.8 Å². The summed E-state index contributed by atoms with van der Waals surface area (Å²) in [4.78, 5) is 4.18. The summed E-state index contributed by atoms with van der Waals surface area (Å²) in [7, 11) is 0. The normalized spacial score (nSPS) is 13.6. The molecule has 0 aliphatic carbocycles. The highest BCUT2D eigenvalue weighted by atomic mass is 32.2. The Morgan fingerprint density at radius 2 is 2.31 bits per heavy atom. The van der Waals surface area contributed by atoms with Gasteiger partial charge in [-0.05, 0) is 12.8 Å². The van der Waals surface area contributed by atoms with Gasteiger partial charge in [0.05, 0.1) is 5.69 Å². The fraction of sp³-hybridized carbons (Fsp3) is 0.667. The van der Waals surface area contributed by atoms with Crippen molar-refractivity contribution in [3.05, 3.63) is 12.0 Å². The molecule has 1 heterocycles. The lowest BCUT2D eigenvalue weighted by Crippen LogP contribution is -2.28. The molecule has 0 fully saturated rings. The summed E-state index contributed by atoms with van der Waals surface area (Å²) >= 11 is 1.57. The molecule has 13 heavy (non-hydrogen) atoms. The Kier molecular flexibility index (Phi) is 3.81. The predicted octanol–water partition coefficient (Wildman–Crippen LogP) is 2.06. The lowest BCUT2D eigenvalue weighted by atomic mass is 10.1. The number of nitrogens with zero attached hydrogens (tertiary/aromatic N) is 1. The Hall–Kier alpha value is -0.480. The van der Waals surface area contributed by atoms with E-state index in [0.717, 1.165) is 11.4 Å². The molecule has 1 rings (SSSR count). The van der Waals surface area contributed by atoms with Crippen molar-refractivity contribution in [3.8, 4) is 0 Å². The maximum absolute atomic E-state index is 5.88. The van der Waals surface area contributed by atoms with E-state index >= 15 is 0 Å². The first-order valence-corrected chi connectivity index (χ1v) is 5.38. The van der Waals surface area contributed by atoms with E-state index in [9.17, 15) is 0 Å². The topological polar surface area (TPSA) is 52.0 Å². The second kappa shape index (κ2) is 4.67. The molecule has 0 aromatic carbocycles. The monoisotopic (exact) mass is 200 g/mol. The molecule has 4 heteroatoms. The second-order valence-corrected chi connectivity index (χ2v) is 4.44. The largest absolute Gasteiger partial charge is 0.440 e. The van der Waals surface area contributed by atoms with Crippen LogP contribution in [0.1, 0.15) is 19.5 Å². The van der Waals surface area contributed by atoms with Gasteiger partial charge in [-0.2, -0.15) is 0 Å². The van der Waals surface area contributed by atoms with E-state index in [1.807, 2.05) is 6.92 Å². The Balaban J connectivity index is 2.35. The fourth-order valence-electron chi connectivity index (χ4n) is 0.759. The summed E-state index contributed by atoms with van der Waals surface area (Å²) in [6, 6.07) is 0.206. The van der Waals surface area contributed by atoms with Gasteiger partial charge in [0.25, 0.3) is 5.22 Å². The third kappa shape index (κ3) is 3.40. The summed E-state index contributed by atoms with van der Waals surface area (Å²) in [6.07, 6.45) is 1.66. The van der Waals surface area contributed by atoms with Crippen molar-refractivity contribution in [2.24, 2.45) is 11.7 Å². The number of aryl methyl sites for hydroxylation is 1. The van der Waals surface area contributed by atoms with Gasteiger partial charge in [-0.15, -0.1) is 0 Å². The van der Waals surface area contributed by atoms with E-state index in [1.165, 1.54) is 0 Å². The number of thioether (sulfide) groups is 1. The molecule has 0 saturated heterocycles. The summed E-state index contributed by atoms with van der Waals surface area (Å²) in [5, 5.41) is 0.716. The minimum absolute atomic E-state index is 0.206. The standard InChI is InChI=1S/C9H16N2OS/c1-6(2)8(10)5-13-9-11-7(3)4-12-9/h4,6,8H,5,10H2,1-3H3. The molecule has 3 nitrogen and oxygen atoms in total. The number of aromatic nitrogens is 1. The van der Waals surface area contributed by atoms with Gasteiger partial charge >= 0.3 is 0 Å². The van der Waals surface area contributed by atoms with Gasteiger partial charge in [0.15, 0.2) is 0 Å². The molecular formula is C9H16N2OS. The van der Waals surface area contributed by atoms with Gasteiger partial charge in [-0.1, -0.05) is 25.6 Å². The van der Waals surface area contributed by atoms with Gasteiger partial charge in [-0.25, -0.2) is 4.98 Å². The number of rotatable bonds is 4.